The summed E-state index contributed by atoms with van der Waals surface area (Å²) in [4.78, 5) is 125. The third-order valence-corrected chi connectivity index (χ3v) is 11.8. The van der Waals surface area contributed by atoms with E-state index in [0.29, 0.717) is 31.5 Å². The number of amides is 7. The Bertz CT molecular complexity index is 2000. The maximum absolute atomic E-state index is 13.8. The van der Waals surface area contributed by atoms with Crippen molar-refractivity contribution in [2.24, 2.45) is 12.8 Å². The van der Waals surface area contributed by atoms with E-state index in [-0.39, 0.29) is 75.2 Å². The van der Waals surface area contributed by atoms with Crippen LogP contribution in [0.25, 0.3) is 0 Å². The van der Waals surface area contributed by atoms with Gasteiger partial charge in [-0.3, -0.25) is 63.1 Å². The fourth-order valence-corrected chi connectivity index (χ4v) is 7.80. The van der Waals surface area contributed by atoms with Gasteiger partial charge in [0, 0.05) is 76.8 Å². The summed E-state index contributed by atoms with van der Waals surface area (Å²) in [6.07, 6.45) is -5.87. The van der Waals surface area contributed by atoms with E-state index in [1.165, 1.54) is 0 Å². The minimum atomic E-state index is -2.29. The zero-order valence-corrected chi connectivity index (χ0v) is 38.2. The number of aliphatic hydroxyl groups excluding tert-OH is 4. The van der Waals surface area contributed by atoms with Crippen molar-refractivity contribution in [2.45, 2.75) is 118 Å². The molecule has 10 atom stereocenters. The van der Waals surface area contributed by atoms with Gasteiger partial charge in [-0.1, -0.05) is 0 Å². The van der Waals surface area contributed by atoms with Gasteiger partial charge < -0.3 is 52.5 Å². The molecular formula is C36H58FeN10O18S. The van der Waals surface area contributed by atoms with Crippen LogP contribution in [0.1, 0.15) is 64.7 Å². The molecule has 30 heteroatoms. The van der Waals surface area contributed by atoms with E-state index in [0.717, 1.165) is 44.6 Å². The molecule has 1 aromatic rings. The molecule has 1 saturated heterocycles. The number of carboxylic acid groups (broad SMARTS) is 1. The van der Waals surface area contributed by atoms with Crippen LogP contribution in [-0.4, -0.2) is 193 Å². The van der Waals surface area contributed by atoms with Crippen LogP contribution >= 0.6 is 11.8 Å². The Balaban J connectivity index is 0.0000218. The molecule has 0 bridgehead atoms. The maximum Gasteiger partial charge on any atom is 0.331 e. The number of hydroxylamine groups is 6. The standard InChI is InChI=1S/C36H58N10O18S.Fe/c1-17(48)44(62)12-5-8-20(37)30(55)38-21(9-6-13-45(63)18(2)49)31(56)39-22(10-7-14-46(64)19(3)50)32(57)40-23(16-47)33(58)41-25(35(59)60)26(52)29-27(53)28(54)34(65-29)43-15-11-24(51)42(4)36(43)61;/h11,15,20-23,25-29,34,47,52-54,62-64H,5-10,12-14,16,37H2,1-4H3,(H,38,55)(H,39,56)(H,40,57)(H,41,58)(H,59,60);/t20?,21?,22?,23?,25?,26?,27-,28+,29+,34+;/m0./s1. The van der Waals surface area contributed by atoms with Crippen molar-refractivity contribution < 1.29 is 96.6 Å². The second kappa shape index (κ2) is 27.6. The van der Waals surface area contributed by atoms with E-state index in [9.17, 15) is 89.1 Å². The molecule has 7 amide bonds. The van der Waals surface area contributed by atoms with E-state index in [4.69, 9.17) is 5.73 Å². The summed E-state index contributed by atoms with van der Waals surface area (Å²) in [6.45, 7) is 1.11. The van der Waals surface area contributed by atoms with E-state index >= 15 is 0 Å². The van der Waals surface area contributed by atoms with Crippen molar-refractivity contribution in [1.29, 1.82) is 0 Å². The molecule has 6 unspecified atom stereocenters. The van der Waals surface area contributed by atoms with Crippen molar-refractivity contribution in [3.8, 4) is 0 Å². The molecule has 2 rings (SSSR count). The Morgan fingerprint density at radius 1 is 0.727 bits per heavy atom. The first-order chi connectivity index (χ1) is 30.3. The summed E-state index contributed by atoms with van der Waals surface area (Å²) >= 11 is 0.552. The van der Waals surface area contributed by atoms with Crippen LogP contribution in [0.2, 0.25) is 0 Å². The Morgan fingerprint density at radius 3 is 1.59 bits per heavy atom. The van der Waals surface area contributed by atoms with Crippen molar-refractivity contribution >= 4 is 59.1 Å². The second-order valence-electron chi connectivity index (χ2n) is 15.0. The SMILES string of the molecule is CC(=O)N(O)CCCC(N)C(=O)NC(CCCN(O)C(C)=O)C(=O)NC(CCCN(O)C(C)=O)C(=O)NC(CO)C(=O)NC(C(=O)O)C(O)[C@H]1S[C@@H](n2ccc(=O)n(C)c2=O)[C@H](O)[C@@H]1O.[Fe]. The van der Waals surface area contributed by atoms with Gasteiger partial charge in [-0.2, -0.15) is 0 Å². The van der Waals surface area contributed by atoms with E-state index in [2.05, 4.69) is 16.0 Å². The third kappa shape index (κ3) is 17.0. The van der Waals surface area contributed by atoms with Gasteiger partial charge in [0.15, 0.2) is 6.04 Å². The van der Waals surface area contributed by atoms with E-state index in [1.807, 2.05) is 5.32 Å². The first kappa shape index (κ1) is 59.0. The smallest absolute Gasteiger partial charge is 0.331 e. The number of rotatable bonds is 25. The third-order valence-electron chi connectivity index (χ3n) is 10.1. The van der Waals surface area contributed by atoms with Gasteiger partial charge in [-0.15, -0.1) is 11.8 Å². The zero-order chi connectivity index (χ0) is 49.5. The molecule has 374 valence electrons. The molecule has 14 N–H and O–H groups in total. The van der Waals surface area contributed by atoms with E-state index < -0.39 is 124 Å². The van der Waals surface area contributed by atoms with Gasteiger partial charge in [0.25, 0.3) is 5.56 Å². The Morgan fingerprint density at radius 2 is 1.15 bits per heavy atom. The number of hydrogen-bond donors (Lipinski definition) is 13. The molecule has 1 aliphatic rings. The maximum atomic E-state index is 13.8. The largest absolute Gasteiger partial charge is 0.480 e. The number of thioether (sulfide) groups is 1. The second-order valence-corrected chi connectivity index (χ2v) is 16.3. The number of aliphatic carboxylic acids is 1. The van der Waals surface area contributed by atoms with E-state index in [1.54, 1.807) is 0 Å². The summed E-state index contributed by atoms with van der Waals surface area (Å²) in [6, 6.07) is -7.79. The Labute approximate surface area is 390 Å². The molecule has 0 aromatic carbocycles. The zero-order valence-electron chi connectivity index (χ0n) is 36.2. The monoisotopic (exact) mass is 1010 g/mol. The van der Waals surface area contributed by atoms with Gasteiger partial charge in [0.2, 0.25) is 41.4 Å². The minimum absolute atomic E-state index is 0. The molecule has 1 fully saturated rings. The first-order valence-corrected chi connectivity index (χ1v) is 21.0. The normalized spacial score (nSPS) is 19.3. The summed E-state index contributed by atoms with van der Waals surface area (Å²) in [5.74, 6) is -8.65. The number of aromatic nitrogens is 2. The average Bonchev–Trinajstić information content (AvgIpc) is 3.54. The van der Waals surface area contributed by atoms with Gasteiger partial charge in [0.1, 0.15) is 29.6 Å². The van der Waals surface area contributed by atoms with Crippen LogP contribution in [0, 0.1) is 0 Å². The average molecular weight is 1010 g/mol. The first-order valence-electron chi connectivity index (χ1n) is 20.0. The molecule has 0 radical (unpaired) electrons. The van der Waals surface area contributed by atoms with Crippen LogP contribution in [0.15, 0.2) is 21.9 Å². The fourth-order valence-electron chi connectivity index (χ4n) is 6.23. The minimum Gasteiger partial charge on any atom is -0.480 e. The van der Waals surface area contributed by atoms with Crippen LogP contribution in [0.4, 0.5) is 0 Å². The molecule has 0 spiro atoms. The fraction of sp³-hybridized carbons (Fsp3) is 0.667. The number of nitrogens with one attached hydrogen (secondary N) is 4. The number of nitrogens with zero attached hydrogens (tertiary/aromatic N) is 5. The Hall–Kier alpha value is -5.01. The number of carboxylic acids is 1. The number of carbonyl (C=O) groups excluding carboxylic acids is 7. The van der Waals surface area contributed by atoms with Crippen molar-refractivity contribution in [2.75, 3.05) is 26.2 Å². The number of nitrogens with two attached hydrogens (primary N) is 1. The van der Waals surface area contributed by atoms with Crippen molar-refractivity contribution in [3.05, 3.63) is 33.1 Å². The molecular weight excluding hydrogens is 948 g/mol. The van der Waals surface area contributed by atoms with Crippen LogP contribution in [-0.2, 0) is 62.5 Å². The van der Waals surface area contributed by atoms with Crippen LogP contribution < -0.4 is 38.2 Å². The quantitative estimate of drug-likeness (QED) is 0.0246. The molecule has 28 nitrogen and oxygen atoms in total. The van der Waals surface area contributed by atoms with Gasteiger partial charge in [-0.25, -0.2) is 24.8 Å². The molecule has 1 aliphatic heterocycles. The summed E-state index contributed by atoms with van der Waals surface area (Å²) in [5.41, 5.74) is 4.37. The van der Waals surface area contributed by atoms with Gasteiger partial charge in [0.05, 0.1) is 30.1 Å². The van der Waals surface area contributed by atoms with Crippen molar-refractivity contribution in [1.82, 2.24) is 45.6 Å². The summed E-state index contributed by atoms with van der Waals surface area (Å²) < 4.78 is 1.57. The number of hydrogen-bond acceptors (Lipinski definition) is 19. The number of aliphatic hydroxyl groups is 4. The molecule has 66 heavy (non-hydrogen) atoms. The van der Waals surface area contributed by atoms with Gasteiger partial charge in [-0.05, 0) is 38.5 Å². The summed E-state index contributed by atoms with van der Waals surface area (Å²) in [7, 11) is 1.14. The molecule has 0 saturated carbocycles. The van der Waals surface area contributed by atoms with Crippen LogP contribution in [0.3, 0.4) is 0 Å². The molecule has 0 aliphatic carbocycles. The van der Waals surface area contributed by atoms with Crippen LogP contribution in [0.5, 0.6) is 0 Å². The molecule has 2 heterocycles. The van der Waals surface area contributed by atoms with Crippen molar-refractivity contribution in [3.63, 3.8) is 0 Å². The predicted octanol–water partition coefficient (Wildman–Crippen LogP) is -6.36. The number of carbonyl (C=O) groups is 8. The topological polar surface area (TPSA) is 426 Å². The molecule has 1 aromatic heterocycles. The van der Waals surface area contributed by atoms with Gasteiger partial charge >= 0.3 is 11.7 Å². The predicted molar refractivity (Wildman–Crippen MR) is 220 cm³/mol. The Kier molecular flexibility index (Phi) is 24.7. The summed E-state index contributed by atoms with van der Waals surface area (Å²) in [5, 5.41) is 89.1.